The van der Waals surface area contributed by atoms with Crippen molar-refractivity contribution in [2.24, 2.45) is 11.7 Å². The van der Waals surface area contributed by atoms with Crippen LogP contribution in [0.4, 0.5) is 0 Å². The maximum Gasteiger partial charge on any atom is 0.235 e. The van der Waals surface area contributed by atoms with Crippen molar-refractivity contribution in [1.82, 2.24) is 10.2 Å². The summed E-state index contributed by atoms with van der Waals surface area (Å²) >= 11 is 0. The van der Waals surface area contributed by atoms with Crippen molar-refractivity contribution >= 4 is 5.91 Å². The molecule has 1 aliphatic rings. The molecule has 0 spiro atoms. The standard InChI is InChI=1S/C13H27N3O/c1-9(2)12-6-5-7-16(12)8-11(13(14)17)15-10(3)4/h9-12,15H,5-8H2,1-4H3,(H2,14,17). The number of nitrogens with zero attached hydrogens (tertiary/aromatic N) is 1. The van der Waals surface area contributed by atoms with Crippen molar-refractivity contribution in [3.8, 4) is 0 Å². The molecule has 0 saturated carbocycles. The number of nitrogens with two attached hydrogens (primary N) is 1. The minimum absolute atomic E-state index is 0.227. The third-order valence-electron chi connectivity index (χ3n) is 3.48. The fourth-order valence-corrected chi connectivity index (χ4v) is 2.70. The van der Waals surface area contributed by atoms with E-state index in [0.717, 1.165) is 13.1 Å². The Balaban J connectivity index is 2.57. The summed E-state index contributed by atoms with van der Waals surface area (Å²) in [5.74, 6) is 0.401. The number of primary amides is 1. The molecule has 17 heavy (non-hydrogen) atoms. The van der Waals surface area contributed by atoms with Crippen LogP contribution in [0.25, 0.3) is 0 Å². The number of rotatable bonds is 6. The van der Waals surface area contributed by atoms with E-state index in [0.29, 0.717) is 12.0 Å². The van der Waals surface area contributed by atoms with Crippen LogP contribution in [0.2, 0.25) is 0 Å². The second-order valence-electron chi connectivity index (χ2n) is 5.72. The highest BCUT2D eigenvalue weighted by molar-refractivity contribution is 5.80. The topological polar surface area (TPSA) is 58.4 Å². The molecule has 0 aliphatic carbocycles. The van der Waals surface area contributed by atoms with Crippen LogP contribution in [0.15, 0.2) is 0 Å². The molecular weight excluding hydrogens is 214 g/mol. The zero-order valence-corrected chi connectivity index (χ0v) is 11.6. The Morgan fingerprint density at radius 3 is 2.53 bits per heavy atom. The maximum atomic E-state index is 11.4. The second-order valence-corrected chi connectivity index (χ2v) is 5.72. The smallest absolute Gasteiger partial charge is 0.235 e. The van der Waals surface area contributed by atoms with Gasteiger partial charge in [-0.3, -0.25) is 9.69 Å². The lowest BCUT2D eigenvalue weighted by atomic mass is 10.0. The van der Waals surface area contributed by atoms with E-state index >= 15 is 0 Å². The molecule has 4 nitrogen and oxygen atoms in total. The van der Waals surface area contributed by atoms with Crippen molar-refractivity contribution in [3.63, 3.8) is 0 Å². The van der Waals surface area contributed by atoms with Gasteiger partial charge in [0.1, 0.15) is 0 Å². The monoisotopic (exact) mass is 241 g/mol. The van der Waals surface area contributed by atoms with E-state index in [1.807, 2.05) is 13.8 Å². The summed E-state index contributed by atoms with van der Waals surface area (Å²) in [6.07, 6.45) is 2.47. The van der Waals surface area contributed by atoms with E-state index in [4.69, 9.17) is 5.73 Å². The van der Waals surface area contributed by atoms with E-state index in [1.54, 1.807) is 0 Å². The van der Waals surface area contributed by atoms with Crippen LogP contribution in [0.5, 0.6) is 0 Å². The number of likely N-dealkylation sites (tertiary alicyclic amines) is 1. The summed E-state index contributed by atoms with van der Waals surface area (Å²) in [6, 6.07) is 0.660. The third kappa shape index (κ3) is 4.28. The summed E-state index contributed by atoms with van der Waals surface area (Å²) < 4.78 is 0. The van der Waals surface area contributed by atoms with Gasteiger partial charge in [-0.2, -0.15) is 0 Å². The van der Waals surface area contributed by atoms with Gasteiger partial charge in [-0.15, -0.1) is 0 Å². The lowest BCUT2D eigenvalue weighted by molar-refractivity contribution is -0.120. The van der Waals surface area contributed by atoms with Crippen molar-refractivity contribution in [2.45, 2.75) is 58.7 Å². The molecule has 100 valence electrons. The van der Waals surface area contributed by atoms with E-state index in [9.17, 15) is 4.79 Å². The van der Waals surface area contributed by atoms with Gasteiger partial charge in [0.25, 0.3) is 0 Å². The number of hydrogen-bond acceptors (Lipinski definition) is 3. The molecule has 1 amide bonds. The van der Waals surface area contributed by atoms with Gasteiger partial charge >= 0.3 is 0 Å². The van der Waals surface area contributed by atoms with E-state index in [1.165, 1.54) is 12.8 Å². The molecular formula is C13H27N3O. The summed E-state index contributed by atoms with van der Waals surface area (Å²) in [4.78, 5) is 13.8. The summed E-state index contributed by atoms with van der Waals surface area (Å²) in [7, 11) is 0. The Labute approximate surface area is 105 Å². The molecule has 1 saturated heterocycles. The lowest BCUT2D eigenvalue weighted by Gasteiger charge is -2.31. The number of amides is 1. The quantitative estimate of drug-likeness (QED) is 0.728. The lowest BCUT2D eigenvalue weighted by Crippen LogP contribution is -2.52. The van der Waals surface area contributed by atoms with Crippen LogP contribution in [0.3, 0.4) is 0 Å². The molecule has 3 N–H and O–H groups in total. The van der Waals surface area contributed by atoms with Gasteiger partial charge in [-0.05, 0) is 25.3 Å². The first-order valence-electron chi connectivity index (χ1n) is 6.71. The average molecular weight is 241 g/mol. The predicted molar refractivity (Wildman–Crippen MR) is 70.7 cm³/mol. The largest absolute Gasteiger partial charge is 0.368 e. The Morgan fingerprint density at radius 2 is 2.06 bits per heavy atom. The summed E-state index contributed by atoms with van der Waals surface area (Å²) in [5, 5.41) is 3.25. The van der Waals surface area contributed by atoms with E-state index < -0.39 is 0 Å². The van der Waals surface area contributed by atoms with Gasteiger partial charge in [-0.1, -0.05) is 27.7 Å². The molecule has 0 bridgehead atoms. The van der Waals surface area contributed by atoms with Gasteiger partial charge in [-0.25, -0.2) is 0 Å². The Hall–Kier alpha value is -0.610. The second kappa shape index (κ2) is 6.36. The Morgan fingerprint density at radius 1 is 1.41 bits per heavy atom. The minimum atomic E-state index is -0.242. The summed E-state index contributed by atoms with van der Waals surface area (Å²) in [6.45, 7) is 10.4. The first-order valence-corrected chi connectivity index (χ1v) is 6.71. The summed E-state index contributed by atoms with van der Waals surface area (Å²) in [5.41, 5.74) is 5.46. The van der Waals surface area contributed by atoms with Gasteiger partial charge < -0.3 is 11.1 Å². The van der Waals surface area contributed by atoms with Crippen molar-refractivity contribution < 1.29 is 4.79 Å². The highest BCUT2D eigenvalue weighted by Crippen LogP contribution is 2.23. The Kier molecular flexibility index (Phi) is 5.40. The SMILES string of the molecule is CC(C)NC(CN1CCCC1C(C)C)C(N)=O. The molecule has 0 radical (unpaired) electrons. The van der Waals surface area contributed by atoms with Crippen molar-refractivity contribution in [1.29, 1.82) is 0 Å². The van der Waals surface area contributed by atoms with Gasteiger partial charge in [0.05, 0.1) is 6.04 Å². The van der Waals surface area contributed by atoms with Crippen LogP contribution in [-0.4, -0.2) is 42.0 Å². The highest BCUT2D eigenvalue weighted by Gasteiger charge is 2.30. The number of carbonyl (C=O) groups is 1. The molecule has 1 fully saturated rings. The molecule has 1 heterocycles. The molecule has 0 aromatic carbocycles. The van der Waals surface area contributed by atoms with Crippen LogP contribution in [0, 0.1) is 5.92 Å². The van der Waals surface area contributed by atoms with Crippen LogP contribution < -0.4 is 11.1 Å². The molecule has 0 aromatic heterocycles. The predicted octanol–water partition coefficient (Wildman–Crippen LogP) is 0.959. The van der Waals surface area contributed by atoms with Crippen LogP contribution >= 0.6 is 0 Å². The fraction of sp³-hybridized carbons (Fsp3) is 0.923. The molecule has 4 heteroatoms. The zero-order chi connectivity index (χ0) is 13.0. The molecule has 1 rings (SSSR count). The minimum Gasteiger partial charge on any atom is -0.368 e. The number of hydrogen-bond donors (Lipinski definition) is 2. The number of carbonyl (C=O) groups excluding carboxylic acids is 1. The van der Waals surface area contributed by atoms with Crippen LogP contribution in [0.1, 0.15) is 40.5 Å². The first kappa shape index (κ1) is 14.5. The third-order valence-corrected chi connectivity index (χ3v) is 3.48. The maximum absolute atomic E-state index is 11.4. The first-order chi connectivity index (χ1) is 7.91. The highest BCUT2D eigenvalue weighted by atomic mass is 16.1. The van der Waals surface area contributed by atoms with Gasteiger partial charge in [0.2, 0.25) is 5.91 Å². The number of nitrogens with one attached hydrogen (secondary N) is 1. The van der Waals surface area contributed by atoms with Crippen LogP contribution in [-0.2, 0) is 4.79 Å². The fourth-order valence-electron chi connectivity index (χ4n) is 2.70. The zero-order valence-electron chi connectivity index (χ0n) is 11.6. The van der Waals surface area contributed by atoms with E-state index in [-0.39, 0.29) is 18.0 Å². The van der Waals surface area contributed by atoms with Gasteiger partial charge in [0, 0.05) is 18.6 Å². The molecule has 1 aliphatic heterocycles. The van der Waals surface area contributed by atoms with Crippen molar-refractivity contribution in [3.05, 3.63) is 0 Å². The molecule has 2 unspecified atom stereocenters. The Bertz CT molecular complexity index is 253. The van der Waals surface area contributed by atoms with Gasteiger partial charge in [0.15, 0.2) is 0 Å². The molecule has 2 atom stereocenters. The molecule has 0 aromatic rings. The van der Waals surface area contributed by atoms with E-state index in [2.05, 4.69) is 24.1 Å². The van der Waals surface area contributed by atoms with Crippen molar-refractivity contribution in [2.75, 3.05) is 13.1 Å². The normalized spacial score (nSPS) is 23.5. The average Bonchev–Trinajstić information content (AvgIpc) is 2.63.